The molecule has 2 aromatic rings. The number of esters is 1. The van der Waals surface area contributed by atoms with Gasteiger partial charge in [0.2, 0.25) is 0 Å². The highest BCUT2D eigenvalue weighted by Gasteiger charge is 2.34. The number of rotatable bonds is 7. The Morgan fingerprint density at radius 3 is 2.81 bits per heavy atom. The van der Waals surface area contributed by atoms with Gasteiger partial charge in [0.15, 0.2) is 0 Å². The summed E-state index contributed by atoms with van der Waals surface area (Å²) in [5, 5.41) is 28.3. The molecule has 3 rings (SSSR count). The number of aromatic nitrogens is 2. The second kappa shape index (κ2) is 8.02. The third-order valence-electron chi connectivity index (χ3n) is 4.22. The molecule has 0 unspecified atom stereocenters. The van der Waals surface area contributed by atoms with Gasteiger partial charge in [-0.15, -0.1) is 0 Å². The van der Waals surface area contributed by atoms with Gasteiger partial charge in [-0.25, -0.2) is 4.79 Å². The maximum absolute atomic E-state index is 12.7. The van der Waals surface area contributed by atoms with Crippen LogP contribution in [0.5, 0.6) is 0 Å². The number of nitrogens with one attached hydrogen (secondary N) is 2. The molecular formula is C18H20N4O5. The van der Waals surface area contributed by atoms with Gasteiger partial charge >= 0.3 is 5.97 Å². The summed E-state index contributed by atoms with van der Waals surface area (Å²) < 4.78 is 4.79. The minimum absolute atomic E-state index is 0.0631. The Kier molecular flexibility index (Phi) is 5.53. The zero-order valence-electron chi connectivity index (χ0n) is 14.7. The molecule has 0 spiro atoms. The number of aliphatic hydroxyl groups excluding tert-OH is 2. The first-order valence-corrected chi connectivity index (χ1v) is 8.32. The van der Waals surface area contributed by atoms with E-state index < -0.39 is 11.9 Å². The van der Waals surface area contributed by atoms with E-state index in [1.165, 1.54) is 12.0 Å². The summed E-state index contributed by atoms with van der Waals surface area (Å²) >= 11 is 0. The van der Waals surface area contributed by atoms with Crippen LogP contribution in [0.3, 0.4) is 0 Å². The van der Waals surface area contributed by atoms with E-state index in [-0.39, 0.29) is 37.6 Å². The van der Waals surface area contributed by atoms with E-state index in [0.717, 1.165) is 0 Å². The number of nitrogens with zero attached hydrogens (tertiary/aromatic N) is 2. The summed E-state index contributed by atoms with van der Waals surface area (Å²) in [5.74, 6) is -0.997. The second-order valence-corrected chi connectivity index (χ2v) is 5.90. The van der Waals surface area contributed by atoms with Crippen LogP contribution in [0.2, 0.25) is 0 Å². The first-order chi connectivity index (χ1) is 13.1. The number of aliphatic hydroxyl groups is 2. The van der Waals surface area contributed by atoms with Gasteiger partial charge in [0, 0.05) is 17.8 Å². The van der Waals surface area contributed by atoms with Crippen LogP contribution in [-0.4, -0.2) is 64.0 Å². The highest BCUT2D eigenvalue weighted by molar-refractivity contribution is 6.09. The summed E-state index contributed by atoms with van der Waals surface area (Å²) in [4.78, 5) is 26.1. The smallest absolute Gasteiger partial charge is 0.337 e. The van der Waals surface area contributed by atoms with Gasteiger partial charge in [-0.3, -0.25) is 9.89 Å². The van der Waals surface area contributed by atoms with E-state index in [1.54, 1.807) is 18.2 Å². The summed E-state index contributed by atoms with van der Waals surface area (Å²) in [7, 11) is 1.25. The third kappa shape index (κ3) is 3.69. The zero-order chi connectivity index (χ0) is 19.4. The number of β-amino-alcohol motifs (C(OH)–C–C–N with tert-alkyl or cyclic N) is 1. The quantitative estimate of drug-likeness (QED) is 0.513. The minimum atomic E-state index is -0.605. The lowest BCUT2D eigenvalue weighted by Crippen LogP contribution is -2.31. The predicted octanol–water partition coefficient (Wildman–Crippen LogP) is 0.242. The standard InChI is InChI=1S/C18H20N4O5/c1-27-18(26)13-9-22(6-7-23)17(25)16(13)19-14-5-3-2-4-12(14)15-8-11(10-24)20-21-15/h2-5,8,19,23-24H,6-7,9-10H2,1H3,(H,20,21). The van der Waals surface area contributed by atoms with Crippen LogP contribution in [0.1, 0.15) is 5.69 Å². The number of ether oxygens (including phenoxy) is 1. The SMILES string of the molecule is COC(=O)C1=C(Nc2ccccc2-c2cc(CO)[nH]n2)C(=O)N(CCO)C1. The molecule has 1 aromatic carbocycles. The van der Waals surface area contributed by atoms with Crippen LogP contribution in [-0.2, 0) is 20.9 Å². The van der Waals surface area contributed by atoms with E-state index in [1.807, 2.05) is 12.1 Å². The van der Waals surface area contributed by atoms with Crippen LogP contribution >= 0.6 is 0 Å². The topological polar surface area (TPSA) is 128 Å². The first kappa shape index (κ1) is 18.6. The number of methoxy groups -OCH3 is 1. The summed E-state index contributed by atoms with van der Waals surface area (Å²) in [6, 6.07) is 8.87. The van der Waals surface area contributed by atoms with Gasteiger partial charge < -0.3 is 25.2 Å². The number of H-pyrrole nitrogens is 1. The normalized spacial score (nSPS) is 14.0. The number of benzene rings is 1. The van der Waals surface area contributed by atoms with Crippen molar-refractivity contribution >= 4 is 17.6 Å². The number of hydrogen-bond donors (Lipinski definition) is 4. The number of carbonyl (C=O) groups is 2. The number of anilines is 1. The summed E-state index contributed by atoms with van der Waals surface area (Å²) in [5.41, 5.74) is 2.72. The van der Waals surface area contributed by atoms with E-state index in [4.69, 9.17) is 9.84 Å². The highest BCUT2D eigenvalue weighted by atomic mass is 16.5. The highest BCUT2D eigenvalue weighted by Crippen LogP contribution is 2.30. The summed E-state index contributed by atoms with van der Waals surface area (Å²) in [6.45, 7) is -0.199. The average molecular weight is 372 g/mol. The number of para-hydroxylation sites is 1. The fraction of sp³-hybridized carbons (Fsp3) is 0.278. The molecule has 0 radical (unpaired) electrons. The second-order valence-electron chi connectivity index (χ2n) is 5.90. The van der Waals surface area contributed by atoms with Crippen molar-refractivity contribution in [2.75, 3.05) is 32.1 Å². The van der Waals surface area contributed by atoms with Crippen LogP contribution in [0, 0.1) is 0 Å². The van der Waals surface area contributed by atoms with E-state index in [2.05, 4.69) is 15.5 Å². The lowest BCUT2D eigenvalue weighted by molar-refractivity contribution is -0.136. The van der Waals surface area contributed by atoms with Gasteiger partial charge in [-0.05, 0) is 12.1 Å². The Hall–Kier alpha value is -3.17. The van der Waals surface area contributed by atoms with E-state index >= 15 is 0 Å². The molecule has 0 aliphatic carbocycles. The molecule has 9 nitrogen and oxygen atoms in total. The minimum Gasteiger partial charge on any atom is -0.466 e. The Morgan fingerprint density at radius 2 is 2.15 bits per heavy atom. The Balaban J connectivity index is 1.97. The van der Waals surface area contributed by atoms with E-state index in [0.29, 0.717) is 22.6 Å². The molecular weight excluding hydrogens is 352 g/mol. The molecule has 0 bridgehead atoms. The Bertz CT molecular complexity index is 889. The largest absolute Gasteiger partial charge is 0.466 e. The zero-order valence-corrected chi connectivity index (χ0v) is 14.7. The van der Waals surface area contributed by atoms with Crippen LogP contribution in [0.25, 0.3) is 11.3 Å². The number of amides is 1. The van der Waals surface area contributed by atoms with Crippen molar-refractivity contribution in [1.29, 1.82) is 0 Å². The predicted molar refractivity (Wildman–Crippen MR) is 96.3 cm³/mol. The number of carbonyl (C=O) groups excluding carboxylic acids is 2. The molecule has 9 heteroatoms. The van der Waals surface area contributed by atoms with Crippen molar-refractivity contribution in [3.63, 3.8) is 0 Å². The van der Waals surface area contributed by atoms with Gasteiger partial charge in [-0.2, -0.15) is 5.10 Å². The van der Waals surface area contributed by atoms with E-state index in [9.17, 15) is 14.7 Å². The molecule has 1 aliphatic heterocycles. The lowest BCUT2D eigenvalue weighted by Gasteiger charge is -2.15. The molecule has 2 heterocycles. The monoisotopic (exact) mass is 372 g/mol. The first-order valence-electron chi connectivity index (χ1n) is 8.32. The Morgan fingerprint density at radius 1 is 1.37 bits per heavy atom. The maximum Gasteiger partial charge on any atom is 0.337 e. The van der Waals surface area contributed by atoms with Crippen molar-refractivity contribution in [2.45, 2.75) is 6.61 Å². The van der Waals surface area contributed by atoms with Gasteiger partial charge in [-0.1, -0.05) is 18.2 Å². The number of aromatic amines is 1. The van der Waals surface area contributed by atoms with Crippen molar-refractivity contribution in [3.8, 4) is 11.3 Å². The van der Waals surface area contributed by atoms with Crippen LogP contribution in [0.15, 0.2) is 41.6 Å². The molecule has 0 saturated heterocycles. The van der Waals surface area contributed by atoms with Crippen LogP contribution in [0.4, 0.5) is 5.69 Å². The molecule has 142 valence electrons. The molecule has 0 atom stereocenters. The molecule has 1 aromatic heterocycles. The molecule has 0 fully saturated rings. The van der Waals surface area contributed by atoms with Crippen LogP contribution < -0.4 is 5.32 Å². The molecule has 27 heavy (non-hydrogen) atoms. The third-order valence-corrected chi connectivity index (χ3v) is 4.22. The summed E-state index contributed by atoms with van der Waals surface area (Å²) in [6.07, 6.45) is 0. The molecule has 1 aliphatic rings. The average Bonchev–Trinajstić information content (AvgIpc) is 3.28. The Labute approximate surface area is 155 Å². The maximum atomic E-state index is 12.7. The fourth-order valence-corrected chi connectivity index (χ4v) is 2.88. The van der Waals surface area contributed by atoms with Gasteiger partial charge in [0.1, 0.15) is 5.70 Å². The van der Waals surface area contributed by atoms with Crippen molar-refractivity contribution in [2.24, 2.45) is 0 Å². The lowest BCUT2D eigenvalue weighted by atomic mass is 10.1. The van der Waals surface area contributed by atoms with Crippen molar-refractivity contribution in [1.82, 2.24) is 15.1 Å². The van der Waals surface area contributed by atoms with Gasteiger partial charge in [0.25, 0.3) is 5.91 Å². The molecule has 0 saturated carbocycles. The van der Waals surface area contributed by atoms with Gasteiger partial charge in [0.05, 0.1) is 43.8 Å². The molecule has 4 N–H and O–H groups in total. The van der Waals surface area contributed by atoms with Crippen molar-refractivity contribution < 1.29 is 24.5 Å². The van der Waals surface area contributed by atoms with Crippen molar-refractivity contribution in [3.05, 3.63) is 47.3 Å². The molecule has 1 amide bonds. The number of hydrogen-bond acceptors (Lipinski definition) is 7. The fourth-order valence-electron chi connectivity index (χ4n) is 2.88.